The minimum absolute atomic E-state index is 0.370. The van der Waals surface area contributed by atoms with Gasteiger partial charge in [0, 0.05) is 0 Å². The van der Waals surface area contributed by atoms with Crippen molar-refractivity contribution in [2.24, 2.45) is 0 Å². The van der Waals surface area contributed by atoms with E-state index in [0.717, 1.165) is 5.56 Å². The first-order valence-electron chi connectivity index (χ1n) is 5.13. The summed E-state index contributed by atoms with van der Waals surface area (Å²) in [6.45, 7) is 3.75. The van der Waals surface area contributed by atoms with Crippen LogP contribution in [0.15, 0.2) is 30.3 Å². The molecule has 0 bridgehead atoms. The van der Waals surface area contributed by atoms with E-state index < -0.39 is 12.2 Å². The Labute approximate surface area is 90.3 Å². The van der Waals surface area contributed by atoms with Gasteiger partial charge in [0.05, 0.1) is 18.8 Å². The summed E-state index contributed by atoms with van der Waals surface area (Å²) >= 11 is 0. The van der Waals surface area contributed by atoms with E-state index in [1.807, 2.05) is 30.3 Å². The Morgan fingerprint density at radius 1 is 1.13 bits per heavy atom. The average Bonchev–Trinajstić information content (AvgIpc) is 2.26. The highest BCUT2D eigenvalue weighted by Crippen LogP contribution is 2.08. The van der Waals surface area contributed by atoms with Crippen LogP contribution in [-0.2, 0) is 11.3 Å². The highest BCUT2D eigenvalue weighted by molar-refractivity contribution is 5.13. The molecule has 15 heavy (non-hydrogen) atoms. The standard InChI is InChI=1S/C12H18O3/c1-9(13)12(14)10(2)15-8-11-6-4-3-5-7-11/h3-7,9-10,12-14H,8H2,1-2H3/t9-,10-,12-/m0/s1. The molecule has 1 rings (SSSR count). The van der Waals surface area contributed by atoms with Crippen LogP contribution in [0.1, 0.15) is 19.4 Å². The average molecular weight is 210 g/mol. The molecule has 0 unspecified atom stereocenters. The van der Waals surface area contributed by atoms with Crippen LogP contribution >= 0.6 is 0 Å². The van der Waals surface area contributed by atoms with E-state index in [1.165, 1.54) is 0 Å². The van der Waals surface area contributed by atoms with E-state index in [0.29, 0.717) is 6.61 Å². The molecule has 1 aromatic rings. The number of aliphatic hydroxyl groups excluding tert-OH is 2. The zero-order valence-corrected chi connectivity index (χ0v) is 9.13. The smallest absolute Gasteiger partial charge is 0.105 e. The number of ether oxygens (including phenoxy) is 1. The third kappa shape index (κ3) is 4.00. The lowest BCUT2D eigenvalue weighted by molar-refractivity contribution is -0.0819. The molecule has 0 heterocycles. The van der Waals surface area contributed by atoms with E-state index in [1.54, 1.807) is 13.8 Å². The largest absolute Gasteiger partial charge is 0.391 e. The Morgan fingerprint density at radius 2 is 1.73 bits per heavy atom. The Bertz CT molecular complexity index is 271. The summed E-state index contributed by atoms with van der Waals surface area (Å²) < 4.78 is 5.44. The highest BCUT2D eigenvalue weighted by Gasteiger charge is 2.19. The van der Waals surface area contributed by atoms with Crippen LogP contribution in [0.4, 0.5) is 0 Å². The van der Waals surface area contributed by atoms with Gasteiger partial charge in [0.1, 0.15) is 6.10 Å². The van der Waals surface area contributed by atoms with Gasteiger partial charge in [0.15, 0.2) is 0 Å². The van der Waals surface area contributed by atoms with Crippen molar-refractivity contribution in [3.8, 4) is 0 Å². The van der Waals surface area contributed by atoms with Gasteiger partial charge in [-0.3, -0.25) is 0 Å². The van der Waals surface area contributed by atoms with Crippen molar-refractivity contribution in [1.29, 1.82) is 0 Å². The Morgan fingerprint density at radius 3 is 2.27 bits per heavy atom. The van der Waals surface area contributed by atoms with Gasteiger partial charge in [0.2, 0.25) is 0 Å². The molecule has 0 spiro atoms. The zero-order chi connectivity index (χ0) is 11.3. The van der Waals surface area contributed by atoms with Crippen molar-refractivity contribution in [2.45, 2.75) is 38.8 Å². The molecule has 0 amide bonds. The first kappa shape index (κ1) is 12.2. The van der Waals surface area contributed by atoms with Crippen LogP contribution in [0.5, 0.6) is 0 Å². The van der Waals surface area contributed by atoms with E-state index in [9.17, 15) is 5.11 Å². The predicted molar refractivity (Wildman–Crippen MR) is 58.4 cm³/mol. The lowest BCUT2D eigenvalue weighted by Crippen LogP contribution is -2.35. The van der Waals surface area contributed by atoms with Crippen LogP contribution in [0.2, 0.25) is 0 Å². The molecule has 84 valence electrons. The molecule has 0 aromatic heterocycles. The first-order chi connectivity index (χ1) is 7.11. The monoisotopic (exact) mass is 210 g/mol. The number of hydrogen-bond acceptors (Lipinski definition) is 3. The lowest BCUT2D eigenvalue weighted by atomic mass is 10.1. The van der Waals surface area contributed by atoms with Gasteiger partial charge in [-0.15, -0.1) is 0 Å². The summed E-state index contributed by atoms with van der Waals surface area (Å²) in [4.78, 5) is 0. The molecule has 2 N–H and O–H groups in total. The number of benzene rings is 1. The summed E-state index contributed by atoms with van der Waals surface area (Å²) in [5.74, 6) is 0. The van der Waals surface area contributed by atoms with Crippen LogP contribution in [0.3, 0.4) is 0 Å². The molecular weight excluding hydrogens is 192 g/mol. The molecule has 1 aromatic carbocycles. The second-order valence-corrected chi connectivity index (χ2v) is 3.73. The Kier molecular flexibility index (Phi) is 4.75. The predicted octanol–water partition coefficient (Wildman–Crippen LogP) is 1.33. The maximum atomic E-state index is 9.50. The van der Waals surface area contributed by atoms with Crippen molar-refractivity contribution < 1.29 is 14.9 Å². The molecule has 3 atom stereocenters. The molecular formula is C12H18O3. The molecule has 0 fully saturated rings. The second-order valence-electron chi connectivity index (χ2n) is 3.73. The molecule has 0 saturated carbocycles. The third-order valence-corrected chi connectivity index (χ3v) is 2.33. The number of aliphatic hydroxyl groups is 2. The van der Waals surface area contributed by atoms with Crippen molar-refractivity contribution in [2.75, 3.05) is 0 Å². The fraction of sp³-hybridized carbons (Fsp3) is 0.500. The molecule has 0 aliphatic heterocycles. The molecule has 3 heteroatoms. The highest BCUT2D eigenvalue weighted by atomic mass is 16.5. The maximum absolute atomic E-state index is 9.50. The Balaban J connectivity index is 2.37. The van der Waals surface area contributed by atoms with E-state index >= 15 is 0 Å². The molecule has 0 aliphatic rings. The lowest BCUT2D eigenvalue weighted by Gasteiger charge is -2.21. The SMILES string of the molecule is C[C@H](O)[C@H](O)[C@H](C)OCc1ccccc1. The normalized spacial score (nSPS) is 17.1. The molecule has 0 saturated heterocycles. The van der Waals surface area contributed by atoms with Crippen LogP contribution in [0, 0.1) is 0 Å². The third-order valence-electron chi connectivity index (χ3n) is 2.33. The van der Waals surface area contributed by atoms with Crippen LogP contribution in [-0.4, -0.2) is 28.5 Å². The quantitative estimate of drug-likeness (QED) is 0.771. The van der Waals surface area contributed by atoms with Gasteiger partial charge in [-0.05, 0) is 19.4 Å². The van der Waals surface area contributed by atoms with E-state index in [4.69, 9.17) is 9.84 Å². The Hall–Kier alpha value is -0.900. The summed E-state index contributed by atoms with van der Waals surface area (Å²) in [6.07, 6.45) is -1.98. The van der Waals surface area contributed by atoms with Gasteiger partial charge in [-0.25, -0.2) is 0 Å². The van der Waals surface area contributed by atoms with Gasteiger partial charge < -0.3 is 14.9 Å². The minimum Gasteiger partial charge on any atom is -0.391 e. The van der Waals surface area contributed by atoms with Crippen molar-refractivity contribution >= 4 is 0 Å². The molecule has 3 nitrogen and oxygen atoms in total. The number of rotatable bonds is 5. The van der Waals surface area contributed by atoms with Crippen LogP contribution < -0.4 is 0 Å². The van der Waals surface area contributed by atoms with Gasteiger partial charge in [-0.1, -0.05) is 30.3 Å². The first-order valence-corrected chi connectivity index (χ1v) is 5.13. The molecule has 0 aliphatic carbocycles. The van der Waals surface area contributed by atoms with Gasteiger partial charge >= 0.3 is 0 Å². The van der Waals surface area contributed by atoms with Gasteiger partial charge in [-0.2, -0.15) is 0 Å². The van der Waals surface area contributed by atoms with Gasteiger partial charge in [0.25, 0.3) is 0 Å². The zero-order valence-electron chi connectivity index (χ0n) is 9.13. The molecule has 0 radical (unpaired) electrons. The fourth-order valence-corrected chi connectivity index (χ4v) is 1.29. The number of hydrogen-bond donors (Lipinski definition) is 2. The fourth-order valence-electron chi connectivity index (χ4n) is 1.29. The summed E-state index contributed by atoms with van der Waals surface area (Å²) in [7, 11) is 0. The van der Waals surface area contributed by atoms with E-state index in [2.05, 4.69) is 0 Å². The van der Waals surface area contributed by atoms with Crippen LogP contribution in [0.25, 0.3) is 0 Å². The summed E-state index contributed by atoms with van der Waals surface area (Å²) in [5.41, 5.74) is 1.06. The van der Waals surface area contributed by atoms with E-state index in [-0.39, 0.29) is 6.10 Å². The topological polar surface area (TPSA) is 49.7 Å². The maximum Gasteiger partial charge on any atom is 0.105 e. The van der Waals surface area contributed by atoms with Crippen molar-refractivity contribution in [1.82, 2.24) is 0 Å². The summed E-state index contributed by atoms with van der Waals surface area (Å²) in [5, 5.41) is 18.7. The van der Waals surface area contributed by atoms with Crippen molar-refractivity contribution in [3.63, 3.8) is 0 Å². The minimum atomic E-state index is -0.839. The van der Waals surface area contributed by atoms with Crippen molar-refractivity contribution in [3.05, 3.63) is 35.9 Å². The summed E-state index contributed by atoms with van der Waals surface area (Å²) in [6, 6.07) is 9.74. The second kappa shape index (κ2) is 5.85.